The quantitative estimate of drug-likeness (QED) is 0.492. The molecule has 0 saturated heterocycles. The third kappa shape index (κ3) is 4.65. The molecule has 176 valence electrons. The number of allylic oxidation sites excluding steroid dienone is 1. The SMILES string of the molecule is CCOC(=O)C1=C(C)N=c2sc(=Cc3ccc(C(C)(C)C)cc3)c(=O)n2C1c1ccc(Cl)cc1. The van der Waals surface area contributed by atoms with E-state index in [1.54, 1.807) is 30.5 Å². The first kappa shape index (κ1) is 24.2. The second-order valence-electron chi connectivity index (χ2n) is 9.23. The van der Waals surface area contributed by atoms with Gasteiger partial charge in [-0.1, -0.05) is 80.1 Å². The Morgan fingerprint density at radius 2 is 1.79 bits per heavy atom. The Kier molecular flexibility index (Phi) is 6.65. The lowest BCUT2D eigenvalue weighted by molar-refractivity contribution is -0.139. The summed E-state index contributed by atoms with van der Waals surface area (Å²) in [6.45, 7) is 10.3. The van der Waals surface area contributed by atoms with E-state index in [1.807, 2.05) is 30.3 Å². The molecule has 1 unspecified atom stereocenters. The number of carbonyl (C=O) groups is 1. The van der Waals surface area contributed by atoms with Crippen LogP contribution in [0.25, 0.3) is 6.08 Å². The summed E-state index contributed by atoms with van der Waals surface area (Å²) in [5, 5.41) is 0.577. The van der Waals surface area contributed by atoms with Gasteiger partial charge in [-0.15, -0.1) is 0 Å². The van der Waals surface area contributed by atoms with Gasteiger partial charge in [0.15, 0.2) is 4.80 Å². The number of ether oxygens (including phenoxy) is 1. The Morgan fingerprint density at radius 3 is 2.38 bits per heavy atom. The van der Waals surface area contributed by atoms with Crippen LogP contribution in [0.4, 0.5) is 0 Å². The molecule has 0 spiro atoms. The number of esters is 1. The number of nitrogens with zero attached hydrogens (tertiary/aromatic N) is 2. The third-order valence-corrected chi connectivity index (χ3v) is 7.01. The van der Waals surface area contributed by atoms with Crippen molar-refractivity contribution in [2.45, 2.75) is 46.1 Å². The van der Waals surface area contributed by atoms with Gasteiger partial charge in [0.1, 0.15) is 0 Å². The lowest BCUT2D eigenvalue weighted by Crippen LogP contribution is -2.39. The highest BCUT2D eigenvalue weighted by Gasteiger charge is 2.33. The van der Waals surface area contributed by atoms with Crippen LogP contribution in [-0.2, 0) is 14.9 Å². The Balaban J connectivity index is 1.88. The van der Waals surface area contributed by atoms with E-state index < -0.39 is 12.0 Å². The summed E-state index contributed by atoms with van der Waals surface area (Å²) in [4.78, 5) is 31.7. The zero-order valence-electron chi connectivity index (χ0n) is 19.9. The molecule has 0 N–H and O–H groups in total. The van der Waals surface area contributed by atoms with Crippen LogP contribution in [0.5, 0.6) is 0 Å². The monoisotopic (exact) mass is 494 g/mol. The molecule has 1 atom stereocenters. The molecular formula is C27H27ClN2O3S. The molecule has 0 bridgehead atoms. The molecule has 4 rings (SSSR count). The average molecular weight is 495 g/mol. The second kappa shape index (κ2) is 9.35. The number of hydrogen-bond donors (Lipinski definition) is 0. The van der Waals surface area contributed by atoms with Crippen LogP contribution in [0.1, 0.15) is 57.4 Å². The fraction of sp³-hybridized carbons (Fsp3) is 0.296. The molecule has 0 radical (unpaired) electrons. The first-order valence-corrected chi connectivity index (χ1v) is 12.3. The Labute approximate surface area is 207 Å². The summed E-state index contributed by atoms with van der Waals surface area (Å²) < 4.78 is 7.46. The number of rotatable bonds is 4. The summed E-state index contributed by atoms with van der Waals surface area (Å²) >= 11 is 7.41. The number of benzene rings is 2. The van der Waals surface area contributed by atoms with Crippen LogP contribution in [0.2, 0.25) is 5.02 Å². The van der Waals surface area contributed by atoms with Crippen LogP contribution in [-0.4, -0.2) is 17.1 Å². The topological polar surface area (TPSA) is 60.7 Å². The van der Waals surface area contributed by atoms with Crippen LogP contribution < -0.4 is 14.9 Å². The van der Waals surface area contributed by atoms with Gasteiger partial charge in [0, 0.05) is 5.02 Å². The zero-order valence-corrected chi connectivity index (χ0v) is 21.5. The molecule has 2 heterocycles. The van der Waals surface area contributed by atoms with E-state index in [1.165, 1.54) is 16.9 Å². The van der Waals surface area contributed by atoms with Crippen molar-refractivity contribution < 1.29 is 9.53 Å². The summed E-state index contributed by atoms with van der Waals surface area (Å²) in [6.07, 6.45) is 1.87. The summed E-state index contributed by atoms with van der Waals surface area (Å²) in [6, 6.07) is 14.7. The van der Waals surface area contributed by atoms with E-state index in [4.69, 9.17) is 16.3 Å². The summed E-state index contributed by atoms with van der Waals surface area (Å²) in [5.74, 6) is -0.476. The highest BCUT2D eigenvalue weighted by atomic mass is 35.5. The van der Waals surface area contributed by atoms with E-state index in [0.29, 0.717) is 25.6 Å². The molecule has 0 aliphatic carbocycles. The van der Waals surface area contributed by atoms with Crippen LogP contribution in [0, 0.1) is 0 Å². The van der Waals surface area contributed by atoms with Gasteiger partial charge in [-0.3, -0.25) is 9.36 Å². The maximum absolute atomic E-state index is 13.6. The molecule has 7 heteroatoms. The van der Waals surface area contributed by atoms with Crippen molar-refractivity contribution in [3.8, 4) is 0 Å². The smallest absolute Gasteiger partial charge is 0.338 e. The van der Waals surface area contributed by atoms with Crippen LogP contribution >= 0.6 is 22.9 Å². The van der Waals surface area contributed by atoms with Crippen molar-refractivity contribution in [2.24, 2.45) is 4.99 Å². The minimum absolute atomic E-state index is 0.0531. The molecular weight excluding hydrogens is 468 g/mol. The first-order valence-electron chi connectivity index (χ1n) is 11.2. The lowest BCUT2D eigenvalue weighted by atomic mass is 9.87. The van der Waals surface area contributed by atoms with Gasteiger partial charge >= 0.3 is 5.97 Å². The predicted octanol–water partition coefficient (Wildman–Crippen LogP) is 4.75. The van der Waals surface area contributed by atoms with Crippen molar-refractivity contribution in [2.75, 3.05) is 6.61 Å². The number of hydrogen-bond acceptors (Lipinski definition) is 5. The first-order chi connectivity index (χ1) is 16.1. The van der Waals surface area contributed by atoms with E-state index >= 15 is 0 Å². The second-order valence-corrected chi connectivity index (χ2v) is 10.7. The molecule has 0 saturated carbocycles. The third-order valence-electron chi connectivity index (χ3n) is 5.78. The largest absolute Gasteiger partial charge is 0.463 e. The number of thiazole rings is 1. The van der Waals surface area contributed by atoms with Gasteiger partial charge in [0.2, 0.25) is 0 Å². The fourth-order valence-corrected chi connectivity index (χ4v) is 5.16. The lowest BCUT2D eigenvalue weighted by Gasteiger charge is -2.24. The standard InChI is InChI=1S/C27H27ClN2O3S/c1-6-33-25(32)22-16(2)29-26-30(23(22)18-9-13-20(28)14-10-18)24(31)21(34-26)15-17-7-11-19(12-8-17)27(3,4)5/h7-15,23H,6H2,1-5H3. The van der Waals surface area contributed by atoms with Crippen molar-refractivity contribution >= 4 is 35.0 Å². The van der Waals surface area contributed by atoms with Gasteiger partial charge < -0.3 is 4.74 Å². The fourth-order valence-electron chi connectivity index (χ4n) is 3.98. The highest BCUT2D eigenvalue weighted by molar-refractivity contribution is 7.07. The van der Waals surface area contributed by atoms with Crippen molar-refractivity contribution in [3.05, 3.63) is 101 Å². The maximum atomic E-state index is 13.6. The summed E-state index contributed by atoms with van der Waals surface area (Å²) in [5.41, 5.74) is 3.68. The molecule has 1 aliphatic heterocycles. The summed E-state index contributed by atoms with van der Waals surface area (Å²) in [7, 11) is 0. The molecule has 1 aromatic heterocycles. The van der Waals surface area contributed by atoms with E-state index in [9.17, 15) is 9.59 Å². The zero-order chi connectivity index (χ0) is 24.6. The molecule has 3 aromatic rings. The number of fused-ring (bicyclic) bond motifs is 1. The number of halogens is 1. The molecule has 2 aromatic carbocycles. The number of carbonyl (C=O) groups excluding carboxylic acids is 1. The maximum Gasteiger partial charge on any atom is 0.338 e. The Hall–Kier alpha value is -2.96. The van der Waals surface area contributed by atoms with Gasteiger partial charge in [-0.2, -0.15) is 0 Å². The average Bonchev–Trinajstić information content (AvgIpc) is 3.08. The normalized spacial score (nSPS) is 16.3. The molecule has 0 fully saturated rings. The van der Waals surface area contributed by atoms with Gasteiger partial charge in [-0.05, 0) is 54.2 Å². The van der Waals surface area contributed by atoms with Crippen molar-refractivity contribution in [3.63, 3.8) is 0 Å². The van der Waals surface area contributed by atoms with Crippen molar-refractivity contribution in [1.82, 2.24) is 4.57 Å². The Bertz CT molecular complexity index is 1440. The van der Waals surface area contributed by atoms with Crippen LogP contribution in [0.3, 0.4) is 0 Å². The Morgan fingerprint density at radius 1 is 1.15 bits per heavy atom. The van der Waals surface area contributed by atoms with Gasteiger partial charge in [0.25, 0.3) is 5.56 Å². The van der Waals surface area contributed by atoms with Gasteiger partial charge in [-0.25, -0.2) is 9.79 Å². The minimum atomic E-state index is -0.641. The van der Waals surface area contributed by atoms with E-state index in [0.717, 1.165) is 11.1 Å². The molecule has 0 amide bonds. The molecule has 5 nitrogen and oxygen atoms in total. The molecule has 1 aliphatic rings. The van der Waals surface area contributed by atoms with Gasteiger partial charge in [0.05, 0.1) is 28.5 Å². The predicted molar refractivity (Wildman–Crippen MR) is 137 cm³/mol. The molecule has 34 heavy (non-hydrogen) atoms. The van der Waals surface area contributed by atoms with E-state index in [-0.39, 0.29) is 17.6 Å². The van der Waals surface area contributed by atoms with Crippen LogP contribution in [0.15, 0.2) is 69.6 Å². The highest BCUT2D eigenvalue weighted by Crippen LogP contribution is 2.31. The number of aromatic nitrogens is 1. The van der Waals surface area contributed by atoms with Crippen molar-refractivity contribution in [1.29, 1.82) is 0 Å². The van der Waals surface area contributed by atoms with E-state index in [2.05, 4.69) is 37.9 Å². The minimum Gasteiger partial charge on any atom is -0.463 e.